The van der Waals surface area contributed by atoms with Crippen LogP contribution in [0.5, 0.6) is 5.75 Å². The molecule has 52 heavy (non-hydrogen) atoms. The Balaban J connectivity index is 2.11. The fourth-order valence-corrected chi connectivity index (χ4v) is 5.66. The van der Waals surface area contributed by atoms with Gasteiger partial charge in [-0.25, -0.2) is 9.18 Å². The standard InChI is InChI=1S/C33H34F10NO7P/c1-17(2)25-14-26(28(49-4)15-27(25)34)24-7-6-21(31(35,36)37)12-20(24)16-44-18(3)29(51-30(45)50-8-5-9-52(46,47)48)19-10-22(32(38,39)40)13-23(11-19)33(41,42)43/h6-7,10-15,17-18,29,44H,5,8-9,16H2,1-4H3,(H2,46,47,48)/t18-,29-/m0/s1. The Kier molecular flexibility index (Phi) is 13.4. The predicted octanol–water partition coefficient (Wildman–Crippen LogP) is 9.62. The van der Waals surface area contributed by atoms with Crippen molar-refractivity contribution in [1.29, 1.82) is 0 Å². The summed E-state index contributed by atoms with van der Waals surface area (Å²) >= 11 is 0. The van der Waals surface area contributed by atoms with E-state index in [1.165, 1.54) is 20.1 Å². The molecule has 0 spiro atoms. The van der Waals surface area contributed by atoms with E-state index in [0.29, 0.717) is 12.1 Å². The van der Waals surface area contributed by atoms with Crippen LogP contribution in [0.2, 0.25) is 0 Å². The van der Waals surface area contributed by atoms with Crippen molar-refractivity contribution in [2.75, 3.05) is 19.9 Å². The Morgan fingerprint density at radius 2 is 1.40 bits per heavy atom. The molecule has 0 bridgehead atoms. The molecule has 8 nitrogen and oxygen atoms in total. The van der Waals surface area contributed by atoms with Crippen molar-refractivity contribution in [3.05, 3.63) is 87.7 Å². The van der Waals surface area contributed by atoms with E-state index < -0.39 is 91.8 Å². The van der Waals surface area contributed by atoms with E-state index in [0.717, 1.165) is 24.3 Å². The van der Waals surface area contributed by atoms with Gasteiger partial charge in [0, 0.05) is 24.2 Å². The maximum atomic E-state index is 14.8. The molecule has 0 aromatic heterocycles. The third-order valence-electron chi connectivity index (χ3n) is 7.71. The van der Waals surface area contributed by atoms with Crippen LogP contribution in [0.3, 0.4) is 0 Å². The SMILES string of the molecule is COc1cc(F)c(C(C)C)cc1-c1ccc(C(F)(F)F)cc1CN[C@@H](C)[C@H](OC(=O)OCCCP(=O)(O)O)c1cc(C(F)(F)F)cc(C(F)(F)F)c1. The zero-order valence-electron chi connectivity index (χ0n) is 27.8. The number of ether oxygens (including phenoxy) is 3. The Morgan fingerprint density at radius 3 is 1.90 bits per heavy atom. The van der Waals surface area contributed by atoms with Crippen LogP contribution in [-0.2, 0) is 39.1 Å². The first-order valence-corrected chi connectivity index (χ1v) is 17.1. The highest BCUT2D eigenvalue weighted by atomic mass is 31.2. The van der Waals surface area contributed by atoms with E-state index in [2.05, 4.69) is 5.32 Å². The molecular formula is C33H34F10NO7P. The number of carbonyl (C=O) groups is 1. The van der Waals surface area contributed by atoms with Crippen molar-refractivity contribution in [3.8, 4) is 16.9 Å². The molecule has 0 saturated heterocycles. The van der Waals surface area contributed by atoms with E-state index in [-0.39, 0.29) is 46.4 Å². The lowest BCUT2D eigenvalue weighted by Crippen LogP contribution is -2.35. The van der Waals surface area contributed by atoms with Gasteiger partial charge in [-0.3, -0.25) is 4.57 Å². The quantitative estimate of drug-likeness (QED) is 0.0681. The number of carbonyl (C=O) groups excluding carboxylic acids is 1. The van der Waals surface area contributed by atoms with Crippen molar-refractivity contribution in [2.24, 2.45) is 0 Å². The first-order valence-electron chi connectivity index (χ1n) is 15.3. The van der Waals surface area contributed by atoms with Crippen LogP contribution in [0.25, 0.3) is 11.1 Å². The fraction of sp³-hybridized carbons (Fsp3) is 0.424. The van der Waals surface area contributed by atoms with Gasteiger partial charge in [0.1, 0.15) is 17.7 Å². The van der Waals surface area contributed by atoms with Crippen LogP contribution in [-0.4, -0.2) is 41.9 Å². The molecule has 0 amide bonds. The van der Waals surface area contributed by atoms with Crippen LogP contribution < -0.4 is 10.1 Å². The molecule has 288 valence electrons. The highest BCUT2D eigenvalue weighted by Crippen LogP contribution is 2.41. The molecule has 0 saturated carbocycles. The lowest BCUT2D eigenvalue weighted by molar-refractivity contribution is -0.143. The first-order chi connectivity index (χ1) is 23.8. The Hall–Kier alpha value is -3.86. The van der Waals surface area contributed by atoms with Crippen molar-refractivity contribution in [2.45, 2.75) is 70.3 Å². The second-order valence-corrected chi connectivity index (χ2v) is 13.8. The fourth-order valence-electron chi connectivity index (χ4n) is 5.12. The number of methoxy groups -OCH3 is 1. The summed E-state index contributed by atoms with van der Waals surface area (Å²) in [5, 5.41) is 2.70. The van der Waals surface area contributed by atoms with Crippen molar-refractivity contribution in [3.63, 3.8) is 0 Å². The van der Waals surface area contributed by atoms with E-state index in [1.807, 2.05) is 0 Å². The predicted molar refractivity (Wildman–Crippen MR) is 167 cm³/mol. The summed E-state index contributed by atoms with van der Waals surface area (Å²) in [6.45, 7) is 3.31. The molecular weight excluding hydrogens is 743 g/mol. The second-order valence-electron chi connectivity index (χ2n) is 12.0. The number of alkyl halides is 9. The highest BCUT2D eigenvalue weighted by molar-refractivity contribution is 7.51. The maximum absolute atomic E-state index is 14.8. The molecule has 0 heterocycles. The first kappa shape index (κ1) is 42.6. The van der Waals surface area contributed by atoms with Gasteiger partial charge in [-0.05, 0) is 77.9 Å². The number of hydrogen-bond donors (Lipinski definition) is 3. The average molecular weight is 778 g/mol. The average Bonchev–Trinajstić information content (AvgIpc) is 3.02. The molecule has 3 aromatic carbocycles. The smallest absolute Gasteiger partial charge is 0.496 e. The summed E-state index contributed by atoms with van der Waals surface area (Å²) in [7, 11) is -3.30. The number of hydrogen-bond acceptors (Lipinski definition) is 6. The minimum Gasteiger partial charge on any atom is -0.496 e. The van der Waals surface area contributed by atoms with Gasteiger partial charge in [-0.1, -0.05) is 19.9 Å². The molecule has 3 rings (SSSR count). The summed E-state index contributed by atoms with van der Waals surface area (Å²) in [5.74, 6) is -1.07. The lowest BCUT2D eigenvalue weighted by atomic mass is 9.92. The van der Waals surface area contributed by atoms with Gasteiger partial charge < -0.3 is 29.3 Å². The Morgan fingerprint density at radius 1 is 0.827 bits per heavy atom. The van der Waals surface area contributed by atoms with E-state index in [9.17, 15) is 53.3 Å². The summed E-state index contributed by atoms with van der Waals surface area (Å²) in [5.41, 5.74) is -5.08. The molecule has 0 aliphatic rings. The number of rotatable bonds is 13. The van der Waals surface area contributed by atoms with Crippen LogP contribution in [0.4, 0.5) is 48.7 Å². The largest absolute Gasteiger partial charge is 0.508 e. The minimum absolute atomic E-state index is 0.0534. The zero-order valence-corrected chi connectivity index (χ0v) is 28.7. The molecule has 0 aliphatic carbocycles. The molecule has 3 aromatic rings. The van der Waals surface area contributed by atoms with Crippen molar-refractivity contribution < 1.29 is 77.3 Å². The molecule has 19 heteroatoms. The second kappa shape index (κ2) is 16.4. The van der Waals surface area contributed by atoms with Gasteiger partial charge >= 0.3 is 32.3 Å². The number of nitrogens with one attached hydrogen (secondary N) is 1. The Bertz CT molecular complexity index is 1740. The van der Waals surface area contributed by atoms with Gasteiger partial charge in [0.05, 0.1) is 36.6 Å². The van der Waals surface area contributed by atoms with Crippen LogP contribution in [0.1, 0.15) is 72.6 Å². The normalized spacial score (nSPS) is 13.9. The van der Waals surface area contributed by atoms with Crippen LogP contribution in [0.15, 0.2) is 48.5 Å². The maximum Gasteiger partial charge on any atom is 0.508 e. The highest BCUT2D eigenvalue weighted by Gasteiger charge is 2.39. The van der Waals surface area contributed by atoms with Gasteiger partial charge in [0.25, 0.3) is 0 Å². The monoisotopic (exact) mass is 777 g/mol. The topological polar surface area (TPSA) is 114 Å². The van der Waals surface area contributed by atoms with Gasteiger partial charge in [0.15, 0.2) is 0 Å². The van der Waals surface area contributed by atoms with Gasteiger partial charge in [-0.2, -0.15) is 39.5 Å². The summed E-state index contributed by atoms with van der Waals surface area (Å²) < 4.78 is 165. The molecule has 0 radical (unpaired) electrons. The molecule has 0 fully saturated rings. The lowest BCUT2D eigenvalue weighted by Gasteiger charge is -2.27. The van der Waals surface area contributed by atoms with Crippen molar-refractivity contribution >= 4 is 13.8 Å². The van der Waals surface area contributed by atoms with E-state index >= 15 is 0 Å². The van der Waals surface area contributed by atoms with E-state index in [4.69, 9.17) is 24.0 Å². The molecule has 2 atom stereocenters. The Labute approximate surface area is 291 Å². The summed E-state index contributed by atoms with van der Waals surface area (Å²) in [6.07, 6.45) is -20.2. The summed E-state index contributed by atoms with van der Waals surface area (Å²) in [6, 6.07) is 4.02. The zero-order chi connectivity index (χ0) is 39.4. The van der Waals surface area contributed by atoms with Crippen LogP contribution in [0, 0.1) is 5.82 Å². The molecule has 0 aliphatic heterocycles. The van der Waals surface area contributed by atoms with Crippen molar-refractivity contribution in [1.82, 2.24) is 5.32 Å². The van der Waals surface area contributed by atoms with Gasteiger partial charge in [0.2, 0.25) is 0 Å². The number of benzene rings is 3. The van der Waals surface area contributed by atoms with Gasteiger partial charge in [-0.15, -0.1) is 0 Å². The minimum atomic E-state index is -5.30. The molecule has 0 unspecified atom stereocenters. The third kappa shape index (κ3) is 11.6. The van der Waals surface area contributed by atoms with E-state index in [1.54, 1.807) is 13.8 Å². The number of halogens is 10. The van der Waals surface area contributed by atoms with Crippen LogP contribution >= 0.6 is 7.60 Å². The molecule has 3 N–H and O–H groups in total. The third-order valence-corrected chi connectivity index (χ3v) is 8.61. The summed E-state index contributed by atoms with van der Waals surface area (Å²) in [4.78, 5) is 30.6.